The highest BCUT2D eigenvalue weighted by Crippen LogP contribution is 2.23. The van der Waals surface area contributed by atoms with Gasteiger partial charge in [-0.25, -0.2) is 4.98 Å². The van der Waals surface area contributed by atoms with Crippen LogP contribution in [0.3, 0.4) is 0 Å². The van der Waals surface area contributed by atoms with Crippen LogP contribution < -0.4 is 5.73 Å². The number of aryl methyl sites for hydroxylation is 1. The van der Waals surface area contributed by atoms with Crippen LogP contribution in [-0.4, -0.2) is 15.6 Å². The fraction of sp³-hybridized carbons (Fsp3) is 0.364. The Kier molecular flexibility index (Phi) is 2.67. The van der Waals surface area contributed by atoms with Crippen LogP contribution in [0, 0.1) is 0 Å². The van der Waals surface area contributed by atoms with E-state index in [1.807, 2.05) is 30.7 Å². The lowest BCUT2D eigenvalue weighted by molar-refractivity contribution is 0.738. The summed E-state index contributed by atoms with van der Waals surface area (Å²) in [6.07, 6.45) is 2.61. The largest absolute Gasteiger partial charge is 0.334 e. The lowest BCUT2D eigenvalue weighted by atomic mass is 10.1. The molecule has 4 heteroatoms. The average Bonchev–Trinajstić information content (AvgIpc) is 2.46. The number of rotatable bonds is 2. The number of fused-ring (bicyclic) bond motifs is 1. The highest BCUT2D eigenvalue weighted by atomic mass is 35.5. The lowest BCUT2D eigenvalue weighted by Crippen LogP contribution is -2.18. The maximum Gasteiger partial charge on any atom is 0.0955 e. The van der Waals surface area contributed by atoms with Crippen LogP contribution in [0.1, 0.15) is 12.5 Å². The normalized spacial score (nSPS) is 13.3. The quantitative estimate of drug-likeness (QED) is 0.848. The summed E-state index contributed by atoms with van der Waals surface area (Å²) in [5.74, 6) is 0. The number of benzene rings is 1. The SMILES string of the molecule is CC(N)Cc1cc(Cl)cc2ncn(C)c12. The van der Waals surface area contributed by atoms with Gasteiger partial charge in [0.25, 0.3) is 0 Å². The minimum Gasteiger partial charge on any atom is -0.334 e. The van der Waals surface area contributed by atoms with Gasteiger partial charge in [0.05, 0.1) is 17.4 Å². The third-order valence-electron chi connectivity index (χ3n) is 2.40. The summed E-state index contributed by atoms with van der Waals surface area (Å²) in [6.45, 7) is 1.99. The van der Waals surface area contributed by atoms with Crippen molar-refractivity contribution in [3.8, 4) is 0 Å². The van der Waals surface area contributed by atoms with Gasteiger partial charge in [-0.2, -0.15) is 0 Å². The van der Waals surface area contributed by atoms with Gasteiger partial charge in [0.15, 0.2) is 0 Å². The summed E-state index contributed by atoms with van der Waals surface area (Å²) in [5.41, 5.74) is 9.02. The molecule has 0 spiro atoms. The number of hydrogen-bond acceptors (Lipinski definition) is 2. The Bertz CT molecular complexity index is 488. The molecule has 3 nitrogen and oxygen atoms in total. The molecule has 2 N–H and O–H groups in total. The minimum atomic E-state index is 0.126. The van der Waals surface area contributed by atoms with Crippen molar-refractivity contribution in [2.24, 2.45) is 12.8 Å². The molecule has 80 valence electrons. The van der Waals surface area contributed by atoms with Gasteiger partial charge in [0.1, 0.15) is 0 Å². The predicted molar refractivity (Wildman–Crippen MR) is 63.1 cm³/mol. The van der Waals surface area contributed by atoms with E-state index in [0.29, 0.717) is 0 Å². The first kappa shape index (κ1) is 10.5. The van der Waals surface area contributed by atoms with E-state index in [9.17, 15) is 0 Å². The van der Waals surface area contributed by atoms with Crippen LogP contribution in [0.2, 0.25) is 5.02 Å². The molecule has 0 bridgehead atoms. The van der Waals surface area contributed by atoms with E-state index < -0.39 is 0 Å². The first-order valence-corrected chi connectivity index (χ1v) is 5.30. The molecule has 0 aliphatic carbocycles. The standard InChI is InChI=1S/C11H14ClN3/c1-7(13)3-8-4-9(12)5-10-11(8)15(2)6-14-10/h4-7H,3,13H2,1-2H3. The van der Waals surface area contributed by atoms with Crippen molar-refractivity contribution < 1.29 is 0 Å². The molecule has 2 rings (SSSR count). The van der Waals surface area contributed by atoms with E-state index in [1.54, 1.807) is 6.33 Å². The smallest absolute Gasteiger partial charge is 0.0955 e. The Morgan fingerprint density at radius 1 is 1.53 bits per heavy atom. The second-order valence-electron chi connectivity index (χ2n) is 3.97. The summed E-state index contributed by atoms with van der Waals surface area (Å²) in [6, 6.07) is 3.97. The van der Waals surface area contributed by atoms with E-state index in [0.717, 1.165) is 28.0 Å². The monoisotopic (exact) mass is 223 g/mol. The van der Waals surface area contributed by atoms with E-state index in [1.165, 1.54) is 0 Å². The van der Waals surface area contributed by atoms with E-state index in [4.69, 9.17) is 17.3 Å². The highest BCUT2D eigenvalue weighted by molar-refractivity contribution is 6.31. The van der Waals surface area contributed by atoms with Gasteiger partial charge in [-0.05, 0) is 31.0 Å². The predicted octanol–water partition coefficient (Wildman–Crippen LogP) is 2.12. The van der Waals surface area contributed by atoms with Crippen LogP contribution >= 0.6 is 11.6 Å². The first-order chi connectivity index (χ1) is 7.08. The molecule has 0 radical (unpaired) electrons. The molecule has 0 aliphatic rings. The van der Waals surface area contributed by atoms with Crippen molar-refractivity contribution >= 4 is 22.6 Å². The van der Waals surface area contributed by atoms with Crippen LogP contribution in [-0.2, 0) is 13.5 Å². The van der Waals surface area contributed by atoms with Crippen molar-refractivity contribution in [3.05, 3.63) is 29.0 Å². The third kappa shape index (κ3) is 1.98. The summed E-state index contributed by atoms with van der Waals surface area (Å²) < 4.78 is 2.00. The van der Waals surface area contributed by atoms with Crippen molar-refractivity contribution in [2.45, 2.75) is 19.4 Å². The molecule has 0 amide bonds. The summed E-state index contributed by atoms with van der Waals surface area (Å²) >= 11 is 6.03. The molecule has 0 saturated carbocycles. The molecule has 0 aliphatic heterocycles. The summed E-state index contributed by atoms with van der Waals surface area (Å²) in [5, 5.41) is 0.719. The van der Waals surface area contributed by atoms with Gasteiger partial charge in [-0.1, -0.05) is 11.6 Å². The Balaban J connectivity index is 2.63. The van der Waals surface area contributed by atoms with Gasteiger partial charge < -0.3 is 10.3 Å². The van der Waals surface area contributed by atoms with E-state index in [-0.39, 0.29) is 6.04 Å². The molecule has 1 atom stereocenters. The van der Waals surface area contributed by atoms with Crippen LogP contribution in [0.25, 0.3) is 11.0 Å². The second-order valence-corrected chi connectivity index (χ2v) is 4.41. The number of imidazole rings is 1. The zero-order valence-electron chi connectivity index (χ0n) is 8.87. The van der Waals surface area contributed by atoms with Crippen molar-refractivity contribution in [1.82, 2.24) is 9.55 Å². The molecule has 0 fully saturated rings. The van der Waals surface area contributed by atoms with Gasteiger partial charge in [0, 0.05) is 18.1 Å². The molecule has 1 aromatic heterocycles. The van der Waals surface area contributed by atoms with E-state index >= 15 is 0 Å². The maximum absolute atomic E-state index is 6.03. The lowest BCUT2D eigenvalue weighted by Gasteiger charge is -2.08. The number of hydrogen-bond donors (Lipinski definition) is 1. The molecule has 2 aromatic rings. The fourth-order valence-electron chi connectivity index (χ4n) is 1.85. The highest BCUT2D eigenvalue weighted by Gasteiger charge is 2.09. The molecular weight excluding hydrogens is 210 g/mol. The zero-order valence-corrected chi connectivity index (χ0v) is 9.62. The number of nitrogens with two attached hydrogens (primary N) is 1. The van der Waals surface area contributed by atoms with Crippen LogP contribution in [0.5, 0.6) is 0 Å². The van der Waals surface area contributed by atoms with Gasteiger partial charge in [0.2, 0.25) is 0 Å². The third-order valence-corrected chi connectivity index (χ3v) is 2.62. The number of nitrogens with zero attached hydrogens (tertiary/aromatic N) is 2. The Morgan fingerprint density at radius 3 is 2.93 bits per heavy atom. The maximum atomic E-state index is 6.03. The Hall–Kier alpha value is -1.06. The number of aromatic nitrogens is 2. The van der Waals surface area contributed by atoms with Crippen LogP contribution in [0.4, 0.5) is 0 Å². The topological polar surface area (TPSA) is 43.8 Å². The van der Waals surface area contributed by atoms with Crippen molar-refractivity contribution in [1.29, 1.82) is 0 Å². The molecule has 15 heavy (non-hydrogen) atoms. The molecular formula is C11H14ClN3. The van der Waals surface area contributed by atoms with Crippen LogP contribution in [0.15, 0.2) is 18.5 Å². The zero-order chi connectivity index (χ0) is 11.0. The summed E-state index contributed by atoms with van der Waals surface area (Å²) in [4.78, 5) is 4.28. The Morgan fingerprint density at radius 2 is 2.27 bits per heavy atom. The second kappa shape index (κ2) is 3.83. The number of halogens is 1. The molecule has 1 unspecified atom stereocenters. The minimum absolute atomic E-state index is 0.126. The van der Waals surface area contributed by atoms with Gasteiger partial charge in [-0.3, -0.25) is 0 Å². The summed E-state index contributed by atoms with van der Waals surface area (Å²) in [7, 11) is 1.98. The fourth-order valence-corrected chi connectivity index (χ4v) is 2.09. The molecule has 0 saturated heterocycles. The van der Waals surface area contributed by atoms with Gasteiger partial charge in [-0.15, -0.1) is 0 Å². The molecule has 1 aromatic carbocycles. The molecule has 1 heterocycles. The van der Waals surface area contributed by atoms with Gasteiger partial charge >= 0.3 is 0 Å². The average molecular weight is 224 g/mol. The Labute approximate surface area is 93.9 Å². The first-order valence-electron chi connectivity index (χ1n) is 4.93. The van der Waals surface area contributed by atoms with Crippen molar-refractivity contribution in [3.63, 3.8) is 0 Å². The van der Waals surface area contributed by atoms with E-state index in [2.05, 4.69) is 4.98 Å². The van der Waals surface area contributed by atoms with Crippen molar-refractivity contribution in [2.75, 3.05) is 0 Å².